The maximum Gasteiger partial charge on any atom is 0.258 e. The average molecular weight is 331 g/mol. The Morgan fingerprint density at radius 1 is 1.17 bits per heavy atom. The van der Waals surface area contributed by atoms with Crippen molar-refractivity contribution in [2.24, 2.45) is 0 Å². The number of carbonyl (C=O) groups is 1. The first-order valence-electron chi connectivity index (χ1n) is 7.83. The molecule has 0 saturated carbocycles. The van der Waals surface area contributed by atoms with E-state index in [0.29, 0.717) is 17.4 Å². The Morgan fingerprint density at radius 3 is 2.83 bits per heavy atom. The van der Waals surface area contributed by atoms with Crippen molar-refractivity contribution in [3.63, 3.8) is 0 Å². The molecule has 120 valence electrons. The second kappa shape index (κ2) is 7.47. The summed E-state index contributed by atoms with van der Waals surface area (Å²) >= 11 is 5.84. The number of rotatable bonds is 6. The minimum absolute atomic E-state index is 0.00754. The van der Waals surface area contributed by atoms with E-state index in [1.807, 2.05) is 36.4 Å². The van der Waals surface area contributed by atoms with Crippen molar-refractivity contribution in [3.8, 4) is 5.88 Å². The summed E-state index contributed by atoms with van der Waals surface area (Å²) in [4.78, 5) is 16.3. The van der Waals surface area contributed by atoms with E-state index < -0.39 is 0 Å². The van der Waals surface area contributed by atoms with Gasteiger partial charge in [-0.2, -0.15) is 0 Å². The van der Waals surface area contributed by atoms with Crippen LogP contribution in [0.4, 0.5) is 0 Å². The Labute approximate surface area is 140 Å². The highest BCUT2D eigenvalue weighted by Crippen LogP contribution is 2.22. The molecule has 1 amide bonds. The van der Waals surface area contributed by atoms with E-state index in [-0.39, 0.29) is 12.5 Å². The number of halogens is 1. The van der Waals surface area contributed by atoms with E-state index in [1.165, 1.54) is 5.56 Å². The van der Waals surface area contributed by atoms with Crippen LogP contribution in [0, 0.1) is 0 Å². The standard InChI is InChI=1S/C18H19ClN2O2/c19-15-7-4-13(5-8-15)10-11-20-17(22)12-23-18-9-6-14-2-1-3-16(14)21-18/h4-9H,1-3,10-12H2,(H,20,22). The molecule has 1 N–H and O–H groups in total. The number of ether oxygens (including phenoxy) is 1. The third kappa shape index (κ3) is 4.45. The normalized spacial score (nSPS) is 12.7. The zero-order valence-corrected chi connectivity index (χ0v) is 13.6. The molecule has 1 aromatic carbocycles. The van der Waals surface area contributed by atoms with Gasteiger partial charge in [0.25, 0.3) is 5.91 Å². The summed E-state index contributed by atoms with van der Waals surface area (Å²) in [5.41, 5.74) is 3.53. The average Bonchev–Trinajstić information content (AvgIpc) is 3.02. The van der Waals surface area contributed by atoms with Gasteiger partial charge in [-0.05, 0) is 48.9 Å². The molecule has 1 aliphatic carbocycles. The number of hydrogen-bond donors (Lipinski definition) is 1. The number of pyridine rings is 1. The van der Waals surface area contributed by atoms with Crippen LogP contribution in [0.2, 0.25) is 5.02 Å². The zero-order chi connectivity index (χ0) is 16.1. The number of benzene rings is 1. The number of nitrogens with one attached hydrogen (secondary N) is 1. The number of nitrogens with zero attached hydrogens (tertiary/aromatic N) is 1. The molecule has 0 fully saturated rings. The van der Waals surface area contributed by atoms with Crippen LogP contribution >= 0.6 is 11.6 Å². The third-order valence-corrected chi connectivity index (χ3v) is 4.15. The van der Waals surface area contributed by atoms with E-state index in [4.69, 9.17) is 16.3 Å². The first-order chi connectivity index (χ1) is 11.2. The number of amides is 1. The van der Waals surface area contributed by atoms with Gasteiger partial charge in [-0.15, -0.1) is 0 Å². The summed E-state index contributed by atoms with van der Waals surface area (Å²) < 4.78 is 5.47. The highest BCUT2D eigenvalue weighted by molar-refractivity contribution is 6.30. The summed E-state index contributed by atoms with van der Waals surface area (Å²) in [6.45, 7) is 0.563. The van der Waals surface area contributed by atoms with Crippen LogP contribution < -0.4 is 10.1 Å². The van der Waals surface area contributed by atoms with Gasteiger partial charge in [0.15, 0.2) is 6.61 Å². The second-order valence-electron chi connectivity index (χ2n) is 5.62. The number of fused-ring (bicyclic) bond motifs is 1. The fourth-order valence-electron chi connectivity index (χ4n) is 2.67. The van der Waals surface area contributed by atoms with Crippen molar-refractivity contribution in [3.05, 3.63) is 58.2 Å². The van der Waals surface area contributed by atoms with Crippen molar-refractivity contribution >= 4 is 17.5 Å². The Hall–Kier alpha value is -2.07. The van der Waals surface area contributed by atoms with Crippen LogP contribution in [0.3, 0.4) is 0 Å². The van der Waals surface area contributed by atoms with Gasteiger partial charge in [0, 0.05) is 23.3 Å². The Kier molecular flexibility index (Phi) is 5.13. The van der Waals surface area contributed by atoms with E-state index in [0.717, 1.165) is 36.9 Å². The first kappa shape index (κ1) is 15.8. The Bertz CT molecular complexity index is 686. The quantitative estimate of drug-likeness (QED) is 0.886. The minimum Gasteiger partial charge on any atom is -0.468 e. The van der Waals surface area contributed by atoms with Gasteiger partial charge in [0.1, 0.15) is 0 Å². The van der Waals surface area contributed by atoms with Crippen LogP contribution in [0.1, 0.15) is 23.2 Å². The number of hydrogen-bond acceptors (Lipinski definition) is 3. The van der Waals surface area contributed by atoms with Crippen molar-refractivity contribution < 1.29 is 9.53 Å². The summed E-state index contributed by atoms with van der Waals surface area (Å²) in [5.74, 6) is 0.389. The predicted octanol–water partition coefficient (Wildman–Crippen LogP) is 2.96. The van der Waals surface area contributed by atoms with Gasteiger partial charge in [0.2, 0.25) is 5.88 Å². The maximum absolute atomic E-state index is 11.8. The first-order valence-corrected chi connectivity index (χ1v) is 8.21. The summed E-state index contributed by atoms with van der Waals surface area (Å²) in [7, 11) is 0. The number of carbonyl (C=O) groups excluding carboxylic acids is 1. The molecule has 0 bridgehead atoms. The van der Waals surface area contributed by atoms with Crippen LogP contribution in [0.15, 0.2) is 36.4 Å². The van der Waals surface area contributed by atoms with Crippen molar-refractivity contribution in [2.45, 2.75) is 25.7 Å². The number of aryl methyl sites for hydroxylation is 2. The molecule has 5 heteroatoms. The maximum atomic E-state index is 11.8. The SMILES string of the molecule is O=C(COc1ccc2c(n1)CCC2)NCCc1ccc(Cl)cc1. The fraction of sp³-hybridized carbons (Fsp3) is 0.333. The summed E-state index contributed by atoms with van der Waals surface area (Å²) in [5, 5.41) is 3.56. The van der Waals surface area contributed by atoms with Crippen LogP contribution in [0.5, 0.6) is 5.88 Å². The molecule has 4 nitrogen and oxygen atoms in total. The lowest BCUT2D eigenvalue weighted by molar-refractivity contribution is -0.123. The third-order valence-electron chi connectivity index (χ3n) is 3.90. The molecule has 1 heterocycles. The zero-order valence-electron chi connectivity index (χ0n) is 12.8. The molecule has 1 aliphatic rings. The fourth-order valence-corrected chi connectivity index (χ4v) is 2.79. The molecule has 0 saturated heterocycles. The number of aromatic nitrogens is 1. The highest BCUT2D eigenvalue weighted by Gasteiger charge is 2.13. The van der Waals surface area contributed by atoms with Crippen molar-refractivity contribution in [1.82, 2.24) is 10.3 Å². The van der Waals surface area contributed by atoms with Crippen LogP contribution in [0.25, 0.3) is 0 Å². The lowest BCUT2D eigenvalue weighted by atomic mass is 10.1. The van der Waals surface area contributed by atoms with Crippen molar-refractivity contribution in [2.75, 3.05) is 13.2 Å². The minimum atomic E-state index is -0.138. The highest BCUT2D eigenvalue weighted by atomic mass is 35.5. The van der Waals surface area contributed by atoms with E-state index in [1.54, 1.807) is 0 Å². The molecule has 23 heavy (non-hydrogen) atoms. The van der Waals surface area contributed by atoms with E-state index in [9.17, 15) is 4.79 Å². The molecule has 2 aromatic rings. The molecule has 0 unspecified atom stereocenters. The second-order valence-corrected chi connectivity index (χ2v) is 6.06. The van der Waals surface area contributed by atoms with E-state index in [2.05, 4.69) is 10.3 Å². The molecule has 3 rings (SSSR count). The molecule has 0 atom stereocenters. The van der Waals surface area contributed by atoms with Gasteiger partial charge in [-0.25, -0.2) is 4.98 Å². The Balaban J connectivity index is 1.40. The van der Waals surface area contributed by atoms with Gasteiger partial charge in [-0.1, -0.05) is 29.8 Å². The molecular formula is C18H19ClN2O2. The van der Waals surface area contributed by atoms with Crippen molar-refractivity contribution in [1.29, 1.82) is 0 Å². The molecule has 0 aliphatic heterocycles. The molecular weight excluding hydrogens is 312 g/mol. The predicted molar refractivity (Wildman–Crippen MR) is 89.9 cm³/mol. The topological polar surface area (TPSA) is 51.2 Å². The van der Waals surface area contributed by atoms with Gasteiger partial charge in [0.05, 0.1) is 0 Å². The monoisotopic (exact) mass is 330 g/mol. The lowest BCUT2D eigenvalue weighted by Crippen LogP contribution is -2.30. The van der Waals surface area contributed by atoms with Crippen LogP contribution in [-0.2, 0) is 24.1 Å². The largest absolute Gasteiger partial charge is 0.468 e. The molecule has 0 radical (unpaired) electrons. The summed E-state index contributed by atoms with van der Waals surface area (Å²) in [6, 6.07) is 11.5. The van der Waals surface area contributed by atoms with Gasteiger partial charge in [-0.3, -0.25) is 4.79 Å². The lowest BCUT2D eigenvalue weighted by Gasteiger charge is -2.08. The van der Waals surface area contributed by atoms with Gasteiger partial charge >= 0.3 is 0 Å². The molecule has 1 aromatic heterocycles. The van der Waals surface area contributed by atoms with Gasteiger partial charge < -0.3 is 10.1 Å². The smallest absolute Gasteiger partial charge is 0.258 e. The van der Waals surface area contributed by atoms with Crippen LogP contribution in [-0.4, -0.2) is 24.0 Å². The summed E-state index contributed by atoms with van der Waals surface area (Å²) in [6.07, 6.45) is 4.00. The molecule has 0 spiro atoms. The van der Waals surface area contributed by atoms with E-state index >= 15 is 0 Å². The Morgan fingerprint density at radius 2 is 2.00 bits per heavy atom.